The van der Waals surface area contributed by atoms with Crippen LogP contribution in [0.15, 0.2) is 40.9 Å². The summed E-state index contributed by atoms with van der Waals surface area (Å²) >= 11 is 3.30. The topological polar surface area (TPSA) is 12.0 Å². The molecular formula is C15H13BrF3N. The fraction of sp³-hybridized carbons (Fsp3) is 0.200. The van der Waals surface area contributed by atoms with Crippen LogP contribution >= 0.6 is 15.9 Å². The quantitative estimate of drug-likeness (QED) is 0.857. The van der Waals surface area contributed by atoms with Crippen LogP contribution in [0.2, 0.25) is 0 Å². The molecule has 0 fully saturated rings. The molecule has 1 unspecified atom stereocenters. The van der Waals surface area contributed by atoms with E-state index < -0.39 is 11.6 Å². The van der Waals surface area contributed by atoms with E-state index in [0.717, 1.165) is 17.7 Å². The van der Waals surface area contributed by atoms with Gasteiger partial charge in [0, 0.05) is 4.47 Å². The van der Waals surface area contributed by atoms with Crippen LogP contribution in [0.3, 0.4) is 0 Å². The van der Waals surface area contributed by atoms with Crippen LogP contribution in [0.5, 0.6) is 0 Å². The van der Waals surface area contributed by atoms with E-state index in [1.807, 2.05) is 6.92 Å². The van der Waals surface area contributed by atoms with Crippen molar-refractivity contribution < 1.29 is 13.2 Å². The summed E-state index contributed by atoms with van der Waals surface area (Å²) in [4.78, 5) is 0. The molecule has 0 aliphatic carbocycles. The largest absolute Gasteiger partial charge is 0.306 e. The Kier molecular flexibility index (Phi) is 4.83. The highest BCUT2D eigenvalue weighted by molar-refractivity contribution is 9.10. The molecule has 5 heteroatoms. The molecule has 2 rings (SSSR count). The maximum Gasteiger partial charge on any atom is 0.159 e. The molecule has 1 N–H and O–H groups in total. The van der Waals surface area contributed by atoms with Gasteiger partial charge in [0.15, 0.2) is 11.6 Å². The maximum atomic E-state index is 13.4. The molecule has 20 heavy (non-hydrogen) atoms. The molecule has 0 bridgehead atoms. The molecule has 2 aromatic carbocycles. The van der Waals surface area contributed by atoms with Crippen molar-refractivity contribution in [1.29, 1.82) is 0 Å². The van der Waals surface area contributed by atoms with Gasteiger partial charge in [0.25, 0.3) is 0 Å². The molecule has 0 aromatic heterocycles. The zero-order chi connectivity index (χ0) is 14.7. The van der Waals surface area contributed by atoms with E-state index in [0.29, 0.717) is 16.6 Å². The monoisotopic (exact) mass is 343 g/mol. The second-order valence-electron chi connectivity index (χ2n) is 4.33. The summed E-state index contributed by atoms with van der Waals surface area (Å²) < 4.78 is 40.1. The second kappa shape index (κ2) is 6.41. The zero-order valence-corrected chi connectivity index (χ0v) is 12.3. The second-order valence-corrected chi connectivity index (χ2v) is 5.18. The van der Waals surface area contributed by atoms with Crippen molar-refractivity contribution in [2.45, 2.75) is 13.0 Å². The number of benzene rings is 2. The van der Waals surface area contributed by atoms with Gasteiger partial charge in [-0.2, -0.15) is 0 Å². The van der Waals surface area contributed by atoms with Crippen LogP contribution < -0.4 is 5.32 Å². The Morgan fingerprint density at radius 2 is 1.80 bits per heavy atom. The molecule has 0 heterocycles. The molecule has 0 saturated carbocycles. The lowest BCUT2D eigenvalue weighted by Gasteiger charge is -2.20. The van der Waals surface area contributed by atoms with Gasteiger partial charge < -0.3 is 5.32 Å². The van der Waals surface area contributed by atoms with Crippen LogP contribution in [0, 0.1) is 17.5 Å². The summed E-state index contributed by atoms with van der Waals surface area (Å²) in [6.45, 7) is 2.54. The first-order valence-electron chi connectivity index (χ1n) is 6.16. The van der Waals surface area contributed by atoms with Crippen LogP contribution in [0.25, 0.3) is 0 Å². The first-order valence-corrected chi connectivity index (χ1v) is 6.95. The Hall–Kier alpha value is -1.33. The third-order valence-corrected chi connectivity index (χ3v) is 3.65. The molecule has 0 spiro atoms. The Balaban J connectivity index is 2.47. The van der Waals surface area contributed by atoms with E-state index in [4.69, 9.17) is 0 Å². The van der Waals surface area contributed by atoms with Crippen LogP contribution in [-0.4, -0.2) is 6.54 Å². The fourth-order valence-corrected chi connectivity index (χ4v) is 2.62. The van der Waals surface area contributed by atoms with Gasteiger partial charge in [0.2, 0.25) is 0 Å². The minimum Gasteiger partial charge on any atom is -0.306 e. The van der Waals surface area contributed by atoms with Crippen molar-refractivity contribution in [3.63, 3.8) is 0 Å². The number of halogens is 4. The predicted octanol–water partition coefficient (Wildman–Crippen LogP) is 4.57. The lowest BCUT2D eigenvalue weighted by atomic mass is 9.98. The normalized spacial score (nSPS) is 12.4. The van der Waals surface area contributed by atoms with E-state index in [1.165, 1.54) is 18.2 Å². The number of hydrogen-bond donors (Lipinski definition) is 1. The van der Waals surface area contributed by atoms with E-state index in [-0.39, 0.29) is 11.9 Å². The van der Waals surface area contributed by atoms with Gasteiger partial charge in [-0.1, -0.05) is 35.0 Å². The summed E-state index contributed by atoms with van der Waals surface area (Å²) in [5.41, 5.74) is 1.34. The average molecular weight is 344 g/mol. The highest BCUT2D eigenvalue weighted by Crippen LogP contribution is 2.30. The summed E-state index contributed by atoms with van der Waals surface area (Å²) in [5, 5.41) is 3.18. The van der Waals surface area contributed by atoms with E-state index >= 15 is 0 Å². The highest BCUT2D eigenvalue weighted by atomic mass is 79.9. The first-order chi connectivity index (χ1) is 9.52. The lowest BCUT2D eigenvalue weighted by molar-refractivity contribution is 0.503. The summed E-state index contributed by atoms with van der Waals surface area (Å²) in [5.74, 6) is -2.15. The molecule has 0 aliphatic rings. The highest BCUT2D eigenvalue weighted by Gasteiger charge is 2.17. The number of rotatable bonds is 4. The zero-order valence-electron chi connectivity index (χ0n) is 10.8. The van der Waals surface area contributed by atoms with E-state index in [2.05, 4.69) is 21.2 Å². The van der Waals surface area contributed by atoms with Crippen molar-refractivity contribution in [2.75, 3.05) is 6.54 Å². The van der Waals surface area contributed by atoms with Gasteiger partial charge in [0.05, 0.1) is 6.04 Å². The van der Waals surface area contributed by atoms with Crippen LogP contribution in [-0.2, 0) is 0 Å². The van der Waals surface area contributed by atoms with E-state index in [9.17, 15) is 13.2 Å². The third kappa shape index (κ3) is 3.22. The van der Waals surface area contributed by atoms with Crippen molar-refractivity contribution >= 4 is 15.9 Å². The Labute approximate surface area is 123 Å². The molecule has 1 nitrogen and oxygen atoms in total. The van der Waals surface area contributed by atoms with Crippen molar-refractivity contribution in [3.05, 3.63) is 69.4 Å². The van der Waals surface area contributed by atoms with Crippen LogP contribution in [0.4, 0.5) is 13.2 Å². The molecule has 0 saturated heterocycles. The Morgan fingerprint density at radius 1 is 1.05 bits per heavy atom. The minimum absolute atomic E-state index is 0.343. The third-order valence-electron chi connectivity index (χ3n) is 2.96. The molecule has 0 radical (unpaired) electrons. The fourth-order valence-electron chi connectivity index (χ4n) is 2.04. The maximum absolute atomic E-state index is 13.4. The summed E-state index contributed by atoms with van der Waals surface area (Å²) in [7, 11) is 0. The predicted molar refractivity (Wildman–Crippen MR) is 76.0 cm³/mol. The van der Waals surface area contributed by atoms with Gasteiger partial charge in [-0.15, -0.1) is 0 Å². The van der Waals surface area contributed by atoms with Crippen LogP contribution in [0.1, 0.15) is 24.1 Å². The molecule has 0 amide bonds. The smallest absolute Gasteiger partial charge is 0.159 e. The van der Waals surface area contributed by atoms with Gasteiger partial charge in [-0.25, -0.2) is 13.2 Å². The standard InChI is InChI=1S/C15H13BrF3N/c1-2-20-15(9-3-6-13(18)14(19)7-9)11-5-4-10(17)8-12(11)16/h3-8,15,20H,2H2,1H3. The van der Waals surface area contributed by atoms with Crippen molar-refractivity contribution in [2.24, 2.45) is 0 Å². The van der Waals surface area contributed by atoms with E-state index in [1.54, 1.807) is 6.07 Å². The van der Waals surface area contributed by atoms with Crippen molar-refractivity contribution in [3.8, 4) is 0 Å². The van der Waals surface area contributed by atoms with Gasteiger partial charge in [-0.05, 0) is 41.9 Å². The van der Waals surface area contributed by atoms with Gasteiger partial charge in [0.1, 0.15) is 5.82 Å². The van der Waals surface area contributed by atoms with Gasteiger partial charge >= 0.3 is 0 Å². The molecule has 2 aromatic rings. The SMILES string of the molecule is CCNC(c1ccc(F)c(F)c1)c1ccc(F)cc1Br. The minimum atomic E-state index is -0.899. The summed E-state index contributed by atoms with van der Waals surface area (Å²) in [6, 6.07) is 7.72. The number of nitrogens with one attached hydrogen (secondary N) is 1. The molecule has 106 valence electrons. The Bertz CT molecular complexity index is 616. The molecular weight excluding hydrogens is 331 g/mol. The lowest BCUT2D eigenvalue weighted by Crippen LogP contribution is -2.22. The van der Waals surface area contributed by atoms with Gasteiger partial charge in [-0.3, -0.25) is 0 Å². The Morgan fingerprint density at radius 3 is 2.40 bits per heavy atom. The molecule has 0 aliphatic heterocycles. The average Bonchev–Trinajstić information content (AvgIpc) is 2.40. The summed E-state index contributed by atoms with van der Waals surface area (Å²) in [6.07, 6.45) is 0. The van der Waals surface area contributed by atoms with Crippen molar-refractivity contribution in [1.82, 2.24) is 5.32 Å². The number of hydrogen-bond acceptors (Lipinski definition) is 1. The first kappa shape index (κ1) is 15.1. The molecule has 1 atom stereocenters.